The van der Waals surface area contributed by atoms with Crippen molar-refractivity contribution in [3.05, 3.63) is 65.2 Å². The Hall–Kier alpha value is -2.98. The highest BCUT2D eigenvalue weighted by Crippen LogP contribution is 2.47. The van der Waals surface area contributed by atoms with Crippen LogP contribution in [0.5, 0.6) is 5.75 Å². The lowest BCUT2D eigenvalue weighted by atomic mass is 10.1. The Morgan fingerprint density at radius 1 is 1.00 bits per heavy atom. The average Bonchev–Trinajstić information content (AvgIpc) is 2.99. The van der Waals surface area contributed by atoms with Crippen LogP contribution in [0.1, 0.15) is 33.2 Å². The molecule has 0 aromatic heterocycles. The standard InChI is InChI=1S/C21H21N2O6P/c1-2-28-30(26,29-17-9-7-16(15-22)8-10-17)14-13-27-12-11-23-20(24)18-5-3-4-6-19(18)21(23)25/h3-10H,2,11-14H2,1H3. The van der Waals surface area contributed by atoms with Crippen molar-refractivity contribution in [2.75, 3.05) is 32.5 Å². The number of ether oxygens (including phenoxy) is 1. The first-order valence-corrected chi connectivity index (χ1v) is 11.2. The molecule has 1 aliphatic rings. The molecular formula is C21H21N2O6P. The van der Waals surface area contributed by atoms with E-state index in [0.29, 0.717) is 22.4 Å². The second-order valence-electron chi connectivity index (χ2n) is 6.40. The van der Waals surface area contributed by atoms with Crippen LogP contribution in [0.4, 0.5) is 0 Å². The molecule has 1 heterocycles. The second-order valence-corrected chi connectivity index (χ2v) is 8.51. The number of carbonyl (C=O) groups excluding carboxylic acids is 2. The van der Waals surface area contributed by atoms with Gasteiger partial charge in [-0.25, -0.2) is 4.57 Å². The summed E-state index contributed by atoms with van der Waals surface area (Å²) in [6, 6.07) is 14.9. The normalized spacial score (nSPS) is 14.9. The number of benzene rings is 2. The zero-order valence-electron chi connectivity index (χ0n) is 16.4. The minimum absolute atomic E-state index is 0.00294. The molecule has 8 nitrogen and oxygen atoms in total. The molecule has 2 amide bonds. The van der Waals surface area contributed by atoms with E-state index in [0.717, 1.165) is 4.90 Å². The summed E-state index contributed by atoms with van der Waals surface area (Å²) in [7, 11) is -3.46. The molecule has 0 saturated heterocycles. The maximum atomic E-state index is 12.9. The van der Waals surface area contributed by atoms with Crippen molar-refractivity contribution in [2.45, 2.75) is 6.92 Å². The van der Waals surface area contributed by atoms with Crippen LogP contribution < -0.4 is 4.52 Å². The number of hydrogen-bond acceptors (Lipinski definition) is 7. The Balaban J connectivity index is 1.49. The summed E-state index contributed by atoms with van der Waals surface area (Å²) in [4.78, 5) is 25.8. The molecule has 0 aliphatic carbocycles. The Kier molecular flexibility index (Phi) is 7.01. The van der Waals surface area contributed by atoms with E-state index in [1.165, 1.54) is 0 Å². The van der Waals surface area contributed by atoms with Crippen LogP contribution in [-0.2, 0) is 13.8 Å². The molecule has 156 valence electrons. The quantitative estimate of drug-likeness (QED) is 0.324. The summed E-state index contributed by atoms with van der Waals surface area (Å²) in [6.45, 7) is 2.17. The van der Waals surface area contributed by atoms with E-state index >= 15 is 0 Å². The van der Waals surface area contributed by atoms with Gasteiger partial charge in [-0.05, 0) is 43.3 Å². The summed E-state index contributed by atoms with van der Waals surface area (Å²) in [6.07, 6.45) is 0.00294. The van der Waals surface area contributed by atoms with Gasteiger partial charge >= 0.3 is 7.60 Å². The highest BCUT2D eigenvalue weighted by atomic mass is 31.2. The molecule has 2 aromatic rings. The number of hydrogen-bond donors (Lipinski definition) is 0. The summed E-state index contributed by atoms with van der Waals surface area (Å²) >= 11 is 0. The molecule has 1 unspecified atom stereocenters. The second kappa shape index (κ2) is 9.68. The topological polar surface area (TPSA) is 106 Å². The Morgan fingerprint density at radius 2 is 1.63 bits per heavy atom. The van der Waals surface area contributed by atoms with Crippen molar-refractivity contribution in [3.8, 4) is 11.8 Å². The third-order valence-corrected chi connectivity index (χ3v) is 6.27. The van der Waals surface area contributed by atoms with Crippen LogP contribution in [0.25, 0.3) is 0 Å². The molecule has 1 aliphatic heterocycles. The maximum absolute atomic E-state index is 12.9. The van der Waals surface area contributed by atoms with Crippen LogP contribution >= 0.6 is 7.60 Å². The van der Waals surface area contributed by atoms with Crippen molar-refractivity contribution in [3.63, 3.8) is 0 Å². The van der Waals surface area contributed by atoms with Gasteiger partial charge < -0.3 is 13.8 Å². The third kappa shape index (κ3) is 4.95. The van der Waals surface area contributed by atoms with Gasteiger partial charge in [0, 0.05) is 0 Å². The third-order valence-electron chi connectivity index (χ3n) is 4.40. The molecular weight excluding hydrogens is 407 g/mol. The zero-order chi connectivity index (χ0) is 21.6. The molecule has 9 heteroatoms. The van der Waals surface area contributed by atoms with Crippen molar-refractivity contribution in [2.24, 2.45) is 0 Å². The fourth-order valence-electron chi connectivity index (χ4n) is 2.96. The Bertz CT molecular complexity index is 980. The van der Waals surface area contributed by atoms with E-state index in [1.807, 2.05) is 6.07 Å². The molecule has 0 fully saturated rings. The fraction of sp³-hybridized carbons (Fsp3) is 0.286. The lowest BCUT2D eigenvalue weighted by Crippen LogP contribution is -2.33. The molecule has 0 N–H and O–H groups in total. The number of rotatable bonds is 10. The molecule has 0 spiro atoms. The molecule has 30 heavy (non-hydrogen) atoms. The van der Waals surface area contributed by atoms with E-state index in [-0.39, 0.29) is 44.3 Å². The van der Waals surface area contributed by atoms with E-state index < -0.39 is 7.60 Å². The summed E-state index contributed by atoms with van der Waals surface area (Å²) in [5.41, 5.74) is 1.24. The minimum Gasteiger partial charge on any atom is -0.424 e. The van der Waals surface area contributed by atoms with Gasteiger partial charge in [0.2, 0.25) is 0 Å². The van der Waals surface area contributed by atoms with Crippen LogP contribution in [0.3, 0.4) is 0 Å². The highest BCUT2D eigenvalue weighted by Gasteiger charge is 2.34. The predicted molar refractivity (Wildman–Crippen MR) is 109 cm³/mol. The number of nitrogens with zero attached hydrogens (tertiary/aromatic N) is 2. The van der Waals surface area contributed by atoms with Gasteiger partial charge in [0.1, 0.15) is 5.75 Å². The van der Waals surface area contributed by atoms with Crippen LogP contribution in [0, 0.1) is 11.3 Å². The predicted octanol–water partition coefficient (Wildman–Crippen LogP) is 3.48. The van der Waals surface area contributed by atoms with E-state index in [1.54, 1.807) is 55.5 Å². The van der Waals surface area contributed by atoms with Crippen molar-refractivity contribution < 1.29 is 27.9 Å². The summed E-state index contributed by atoms with van der Waals surface area (Å²) in [5, 5.41) is 8.84. The van der Waals surface area contributed by atoms with Crippen LogP contribution in [0.15, 0.2) is 48.5 Å². The van der Waals surface area contributed by atoms with E-state index in [2.05, 4.69) is 0 Å². The van der Waals surface area contributed by atoms with Gasteiger partial charge in [0.05, 0.1) is 55.3 Å². The number of fused-ring (bicyclic) bond motifs is 1. The largest absolute Gasteiger partial charge is 0.424 e. The van der Waals surface area contributed by atoms with Gasteiger partial charge in [-0.1, -0.05) is 12.1 Å². The smallest absolute Gasteiger partial charge is 0.381 e. The Labute approximate surface area is 174 Å². The van der Waals surface area contributed by atoms with E-state index in [9.17, 15) is 14.2 Å². The van der Waals surface area contributed by atoms with Gasteiger partial charge in [0.15, 0.2) is 0 Å². The SMILES string of the molecule is CCOP(=O)(CCOCCN1C(=O)c2ccccc2C1=O)Oc1ccc(C#N)cc1. The molecule has 3 rings (SSSR count). The van der Waals surface area contributed by atoms with E-state index in [4.69, 9.17) is 19.0 Å². The van der Waals surface area contributed by atoms with Gasteiger partial charge in [-0.2, -0.15) is 5.26 Å². The number of amides is 2. The van der Waals surface area contributed by atoms with Gasteiger partial charge in [-0.3, -0.25) is 14.5 Å². The molecule has 1 atom stereocenters. The monoisotopic (exact) mass is 428 g/mol. The fourth-order valence-corrected chi connectivity index (χ4v) is 4.42. The lowest BCUT2D eigenvalue weighted by molar-refractivity contribution is 0.0572. The van der Waals surface area contributed by atoms with Gasteiger partial charge in [-0.15, -0.1) is 0 Å². The van der Waals surface area contributed by atoms with Crippen molar-refractivity contribution >= 4 is 19.4 Å². The van der Waals surface area contributed by atoms with Crippen molar-refractivity contribution in [1.29, 1.82) is 5.26 Å². The lowest BCUT2D eigenvalue weighted by Gasteiger charge is -2.19. The molecule has 2 aromatic carbocycles. The minimum atomic E-state index is -3.46. The van der Waals surface area contributed by atoms with Crippen LogP contribution in [0.2, 0.25) is 0 Å². The molecule has 0 bridgehead atoms. The highest BCUT2D eigenvalue weighted by molar-refractivity contribution is 7.54. The first-order valence-electron chi connectivity index (χ1n) is 9.44. The van der Waals surface area contributed by atoms with Crippen LogP contribution in [-0.4, -0.2) is 49.2 Å². The summed E-state index contributed by atoms with van der Waals surface area (Å²) < 4.78 is 29.2. The maximum Gasteiger partial charge on any atom is 0.381 e. The first kappa shape index (κ1) is 21.7. The number of nitriles is 1. The summed E-state index contributed by atoms with van der Waals surface area (Å²) in [5.74, 6) is -0.358. The van der Waals surface area contributed by atoms with Crippen molar-refractivity contribution in [1.82, 2.24) is 4.90 Å². The molecule has 0 radical (unpaired) electrons. The molecule has 0 saturated carbocycles. The average molecular weight is 428 g/mol. The first-order chi connectivity index (χ1) is 14.5. The zero-order valence-corrected chi connectivity index (χ0v) is 17.3. The van der Waals surface area contributed by atoms with Gasteiger partial charge in [0.25, 0.3) is 11.8 Å². The number of carbonyl (C=O) groups is 2. The Morgan fingerprint density at radius 3 is 2.20 bits per heavy atom. The number of imide groups is 1.